The Morgan fingerprint density at radius 3 is 2.67 bits per heavy atom. The van der Waals surface area contributed by atoms with Crippen molar-refractivity contribution in [3.05, 3.63) is 32.9 Å². The van der Waals surface area contributed by atoms with Gasteiger partial charge in [0.2, 0.25) is 0 Å². The molecule has 0 spiro atoms. The van der Waals surface area contributed by atoms with Gasteiger partial charge in [-0.05, 0) is 48.1 Å². The summed E-state index contributed by atoms with van der Waals surface area (Å²) in [7, 11) is 0. The Balaban J connectivity index is 2.63. The van der Waals surface area contributed by atoms with Gasteiger partial charge in [-0.3, -0.25) is 5.10 Å². The highest BCUT2D eigenvalue weighted by Crippen LogP contribution is 2.29. The van der Waals surface area contributed by atoms with Crippen molar-refractivity contribution in [2.45, 2.75) is 13.8 Å². The van der Waals surface area contributed by atoms with E-state index in [4.69, 9.17) is 5.73 Å². The number of nitrogens with zero attached hydrogens (tertiary/aromatic N) is 1. The number of nitrogens with two attached hydrogens (primary N) is 1. The van der Waals surface area contributed by atoms with Crippen molar-refractivity contribution in [1.29, 1.82) is 0 Å². The highest BCUT2D eigenvalue weighted by molar-refractivity contribution is 14.1. The Bertz CT molecular complexity index is 503. The number of H-pyrrole nitrogens is 1. The van der Waals surface area contributed by atoms with Crippen LogP contribution in [0.2, 0.25) is 0 Å². The number of nitrogens with one attached hydrogen (secondary N) is 1. The first-order chi connectivity index (χ1) is 7.09. The van der Waals surface area contributed by atoms with Gasteiger partial charge in [0.15, 0.2) is 5.82 Å². The Kier molecular flexibility index (Phi) is 2.68. The van der Waals surface area contributed by atoms with Crippen molar-refractivity contribution < 1.29 is 0 Å². The van der Waals surface area contributed by atoms with Gasteiger partial charge in [0.25, 0.3) is 0 Å². The van der Waals surface area contributed by atoms with E-state index in [1.807, 2.05) is 0 Å². The molecule has 0 atom stereocenters. The van der Waals surface area contributed by atoms with Crippen molar-refractivity contribution in [1.82, 2.24) is 10.2 Å². The first kappa shape index (κ1) is 10.5. The zero-order valence-corrected chi connectivity index (χ0v) is 10.8. The number of halogens is 1. The molecule has 78 valence electrons. The number of nitrogen functional groups attached to an aromatic ring is 1. The van der Waals surface area contributed by atoms with Gasteiger partial charge in [0.05, 0.1) is 9.26 Å². The van der Waals surface area contributed by atoms with E-state index in [1.165, 1.54) is 16.7 Å². The fourth-order valence-electron chi connectivity index (χ4n) is 1.53. The Labute approximate surface area is 102 Å². The third-order valence-electron chi connectivity index (χ3n) is 2.39. The lowest BCUT2D eigenvalue weighted by molar-refractivity contribution is 1.10. The molecule has 0 bridgehead atoms. The summed E-state index contributed by atoms with van der Waals surface area (Å²) in [6.45, 7) is 4.16. The molecule has 1 aromatic heterocycles. The van der Waals surface area contributed by atoms with Crippen molar-refractivity contribution in [2.75, 3.05) is 5.73 Å². The van der Waals surface area contributed by atoms with Crippen LogP contribution in [0.15, 0.2) is 18.2 Å². The van der Waals surface area contributed by atoms with Crippen LogP contribution < -0.4 is 5.73 Å². The standard InChI is InChI=1S/C11H12IN3/c1-6-3-4-7(2)8(5-6)10-9(12)11(13)15-14-10/h3-5H,1-2H3,(H3,13,14,15). The van der Waals surface area contributed by atoms with Crippen LogP contribution in [0, 0.1) is 17.4 Å². The summed E-state index contributed by atoms with van der Waals surface area (Å²) in [5.74, 6) is 0.562. The molecule has 0 saturated heterocycles. The van der Waals surface area contributed by atoms with E-state index in [-0.39, 0.29) is 0 Å². The zero-order chi connectivity index (χ0) is 11.0. The molecule has 3 N–H and O–H groups in total. The van der Waals surface area contributed by atoms with Gasteiger partial charge in [0, 0.05) is 5.56 Å². The highest BCUT2D eigenvalue weighted by Gasteiger charge is 2.11. The van der Waals surface area contributed by atoms with E-state index in [0.717, 1.165) is 9.26 Å². The average Bonchev–Trinajstić information content (AvgIpc) is 2.52. The molecule has 0 aliphatic carbocycles. The SMILES string of the molecule is Cc1ccc(C)c(-c2[nH]nc(N)c2I)c1. The summed E-state index contributed by atoms with van der Waals surface area (Å²) in [5, 5.41) is 6.98. The van der Waals surface area contributed by atoms with Gasteiger partial charge in [-0.15, -0.1) is 0 Å². The van der Waals surface area contributed by atoms with Crippen LogP contribution >= 0.6 is 22.6 Å². The molecular weight excluding hydrogens is 301 g/mol. The van der Waals surface area contributed by atoms with Crippen LogP contribution in [0.1, 0.15) is 11.1 Å². The number of hydrogen-bond donors (Lipinski definition) is 2. The Morgan fingerprint density at radius 2 is 2.07 bits per heavy atom. The zero-order valence-electron chi connectivity index (χ0n) is 8.63. The van der Waals surface area contributed by atoms with Crippen molar-refractivity contribution >= 4 is 28.4 Å². The maximum absolute atomic E-state index is 5.72. The van der Waals surface area contributed by atoms with Crippen LogP contribution in [0.5, 0.6) is 0 Å². The predicted molar refractivity (Wildman–Crippen MR) is 70.6 cm³/mol. The first-order valence-electron chi connectivity index (χ1n) is 4.66. The second-order valence-electron chi connectivity index (χ2n) is 3.62. The number of rotatable bonds is 1. The van der Waals surface area contributed by atoms with E-state index < -0.39 is 0 Å². The van der Waals surface area contributed by atoms with Crippen LogP contribution in [0.4, 0.5) is 5.82 Å². The third-order valence-corrected chi connectivity index (χ3v) is 3.49. The molecule has 0 amide bonds. The molecule has 0 saturated carbocycles. The van der Waals surface area contributed by atoms with E-state index in [1.54, 1.807) is 0 Å². The van der Waals surface area contributed by atoms with Gasteiger partial charge in [-0.25, -0.2) is 0 Å². The van der Waals surface area contributed by atoms with Gasteiger partial charge < -0.3 is 5.73 Å². The number of aromatic nitrogens is 2. The lowest BCUT2D eigenvalue weighted by Crippen LogP contribution is -1.88. The maximum atomic E-state index is 5.72. The summed E-state index contributed by atoms with van der Waals surface area (Å²) in [5.41, 5.74) is 10.4. The van der Waals surface area contributed by atoms with Crippen molar-refractivity contribution in [3.8, 4) is 11.3 Å². The van der Waals surface area contributed by atoms with Crippen LogP contribution in [0.3, 0.4) is 0 Å². The number of aryl methyl sites for hydroxylation is 2. The normalized spacial score (nSPS) is 10.6. The minimum atomic E-state index is 0.562. The summed E-state index contributed by atoms with van der Waals surface area (Å²) in [6, 6.07) is 6.35. The molecule has 2 aromatic rings. The van der Waals surface area contributed by atoms with E-state index in [0.29, 0.717) is 5.82 Å². The summed E-state index contributed by atoms with van der Waals surface area (Å²) >= 11 is 2.21. The molecular formula is C11H12IN3. The van der Waals surface area contributed by atoms with E-state index in [2.05, 4.69) is 64.8 Å². The minimum Gasteiger partial charge on any atom is -0.381 e. The monoisotopic (exact) mass is 313 g/mol. The molecule has 15 heavy (non-hydrogen) atoms. The van der Waals surface area contributed by atoms with E-state index in [9.17, 15) is 0 Å². The number of benzene rings is 1. The quantitative estimate of drug-likeness (QED) is 0.796. The third kappa shape index (κ3) is 1.86. The lowest BCUT2D eigenvalue weighted by atomic mass is 10.0. The molecule has 1 aromatic carbocycles. The number of hydrogen-bond acceptors (Lipinski definition) is 2. The topological polar surface area (TPSA) is 54.7 Å². The summed E-state index contributed by atoms with van der Waals surface area (Å²) < 4.78 is 0.987. The van der Waals surface area contributed by atoms with Crippen molar-refractivity contribution in [3.63, 3.8) is 0 Å². The molecule has 0 fully saturated rings. The van der Waals surface area contributed by atoms with Gasteiger partial charge in [0.1, 0.15) is 0 Å². The van der Waals surface area contributed by atoms with Crippen LogP contribution in [0.25, 0.3) is 11.3 Å². The fourth-order valence-corrected chi connectivity index (χ4v) is 2.06. The summed E-state index contributed by atoms with van der Waals surface area (Å²) in [6.07, 6.45) is 0. The minimum absolute atomic E-state index is 0.562. The predicted octanol–water partition coefficient (Wildman–Crippen LogP) is 2.88. The largest absolute Gasteiger partial charge is 0.381 e. The molecule has 3 nitrogen and oxygen atoms in total. The van der Waals surface area contributed by atoms with Gasteiger partial charge in [-0.2, -0.15) is 5.10 Å². The Hall–Kier alpha value is -1.04. The molecule has 0 unspecified atom stereocenters. The lowest BCUT2D eigenvalue weighted by Gasteiger charge is -2.05. The second-order valence-corrected chi connectivity index (χ2v) is 4.69. The number of anilines is 1. The molecule has 4 heteroatoms. The van der Waals surface area contributed by atoms with Gasteiger partial charge >= 0.3 is 0 Å². The average molecular weight is 313 g/mol. The second kappa shape index (κ2) is 3.84. The molecule has 1 heterocycles. The summed E-state index contributed by atoms with van der Waals surface area (Å²) in [4.78, 5) is 0. The van der Waals surface area contributed by atoms with Crippen LogP contribution in [-0.4, -0.2) is 10.2 Å². The smallest absolute Gasteiger partial charge is 0.159 e. The fraction of sp³-hybridized carbons (Fsp3) is 0.182. The molecule has 2 rings (SSSR count). The number of aromatic amines is 1. The molecule has 0 aliphatic rings. The van der Waals surface area contributed by atoms with E-state index >= 15 is 0 Å². The van der Waals surface area contributed by atoms with Gasteiger partial charge in [-0.1, -0.05) is 17.7 Å². The first-order valence-corrected chi connectivity index (χ1v) is 5.74. The maximum Gasteiger partial charge on any atom is 0.159 e. The van der Waals surface area contributed by atoms with Crippen molar-refractivity contribution in [2.24, 2.45) is 0 Å². The molecule has 0 radical (unpaired) electrons. The highest BCUT2D eigenvalue weighted by atomic mass is 127. The van der Waals surface area contributed by atoms with Crippen LogP contribution in [-0.2, 0) is 0 Å². The molecule has 0 aliphatic heterocycles. The Morgan fingerprint density at radius 1 is 1.33 bits per heavy atom.